The van der Waals surface area contributed by atoms with Crippen molar-refractivity contribution in [2.45, 2.75) is 24.8 Å². The molecule has 0 spiro atoms. The van der Waals surface area contributed by atoms with Crippen LogP contribution in [-0.2, 0) is 10.0 Å². The Kier molecular flexibility index (Phi) is 4.10. The molecule has 0 amide bonds. The fourth-order valence-electron chi connectivity index (χ4n) is 1.73. The second-order valence-corrected chi connectivity index (χ2v) is 6.19. The van der Waals surface area contributed by atoms with Gasteiger partial charge in [0.1, 0.15) is 5.76 Å². The average Bonchev–Trinajstić information content (AvgIpc) is 2.82. The summed E-state index contributed by atoms with van der Waals surface area (Å²) in [5.41, 5.74) is 0.895. The van der Waals surface area contributed by atoms with E-state index in [0.717, 1.165) is 5.56 Å². The number of benzene rings is 1. The molecular formula is C13H17N3O3S. The summed E-state index contributed by atoms with van der Waals surface area (Å²) in [7, 11) is -1.84. The molecule has 1 atom stereocenters. The van der Waals surface area contributed by atoms with Crippen LogP contribution in [0.5, 0.6) is 0 Å². The quantitative estimate of drug-likeness (QED) is 0.882. The van der Waals surface area contributed by atoms with Gasteiger partial charge in [-0.15, -0.1) is 0 Å². The topological polar surface area (TPSA) is 84.2 Å². The summed E-state index contributed by atoms with van der Waals surface area (Å²) in [5, 5.41) is 6.69. The molecular weight excluding hydrogens is 278 g/mol. The van der Waals surface area contributed by atoms with E-state index in [1.54, 1.807) is 25.1 Å². The Morgan fingerprint density at radius 1 is 1.30 bits per heavy atom. The second-order valence-electron chi connectivity index (χ2n) is 4.51. The van der Waals surface area contributed by atoms with E-state index >= 15 is 0 Å². The second kappa shape index (κ2) is 5.64. The van der Waals surface area contributed by atoms with Crippen LogP contribution in [-0.4, -0.2) is 20.6 Å². The summed E-state index contributed by atoms with van der Waals surface area (Å²) in [4.78, 5) is 0.192. The van der Waals surface area contributed by atoms with Gasteiger partial charge in [0.25, 0.3) is 10.0 Å². The maximum Gasteiger partial charge on any atom is 0.263 e. The van der Waals surface area contributed by atoms with Gasteiger partial charge in [-0.05, 0) is 38.6 Å². The first-order valence-electron chi connectivity index (χ1n) is 6.16. The molecule has 0 bridgehead atoms. The molecule has 7 heteroatoms. The van der Waals surface area contributed by atoms with E-state index in [-0.39, 0.29) is 16.8 Å². The minimum Gasteiger partial charge on any atom is -0.360 e. The number of nitrogens with one attached hydrogen (secondary N) is 2. The zero-order chi connectivity index (χ0) is 14.8. The van der Waals surface area contributed by atoms with E-state index in [1.165, 1.54) is 6.07 Å². The molecule has 0 saturated carbocycles. The standard InChI is InChI=1S/C13H17N3O3S/c1-9-7-13(15-19-9)16-20(17,18)12-6-4-5-11(8-12)10(2)14-3/h4-8,10,14H,1-3H3,(H,15,16). The Balaban J connectivity index is 2.29. The molecule has 0 fully saturated rings. The van der Waals surface area contributed by atoms with Crippen molar-refractivity contribution in [3.8, 4) is 0 Å². The third-order valence-corrected chi connectivity index (χ3v) is 4.32. The van der Waals surface area contributed by atoms with Gasteiger partial charge in [-0.3, -0.25) is 4.72 Å². The average molecular weight is 295 g/mol. The van der Waals surface area contributed by atoms with E-state index in [1.807, 2.05) is 20.0 Å². The zero-order valence-electron chi connectivity index (χ0n) is 11.5. The van der Waals surface area contributed by atoms with Crippen molar-refractivity contribution in [2.75, 3.05) is 11.8 Å². The van der Waals surface area contributed by atoms with Gasteiger partial charge in [0, 0.05) is 12.1 Å². The number of anilines is 1. The molecule has 0 aliphatic carbocycles. The predicted octanol–water partition coefficient (Wildman–Crippen LogP) is 2.06. The Hall–Kier alpha value is -1.86. The van der Waals surface area contributed by atoms with E-state index in [4.69, 9.17) is 4.52 Å². The molecule has 2 rings (SSSR count). The van der Waals surface area contributed by atoms with Gasteiger partial charge >= 0.3 is 0 Å². The molecule has 1 heterocycles. The number of hydrogen-bond donors (Lipinski definition) is 2. The highest BCUT2D eigenvalue weighted by atomic mass is 32.2. The number of aromatic nitrogens is 1. The smallest absolute Gasteiger partial charge is 0.263 e. The van der Waals surface area contributed by atoms with Crippen LogP contribution >= 0.6 is 0 Å². The van der Waals surface area contributed by atoms with E-state index in [0.29, 0.717) is 5.76 Å². The van der Waals surface area contributed by atoms with Crippen molar-refractivity contribution in [1.82, 2.24) is 10.5 Å². The summed E-state index contributed by atoms with van der Waals surface area (Å²) in [5.74, 6) is 0.717. The Morgan fingerprint density at radius 2 is 2.05 bits per heavy atom. The fourth-order valence-corrected chi connectivity index (χ4v) is 2.77. The number of aryl methyl sites for hydroxylation is 1. The predicted molar refractivity (Wildman–Crippen MR) is 76.0 cm³/mol. The van der Waals surface area contributed by atoms with Gasteiger partial charge in [-0.1, -0.05) is 17.3 Å². The molecule has 1 aromatic carbocycles. The lowest BCUT2D eigenvalue weighted by Crippen LogP contribution is -2.16. The third-order valence-electron chi connectivity index (χ3n) is 2.97. The first-order chi connectivity index (χ1) is 9.42. The highest BCUT2D eigenvalue weighted by Gasteiger charge is 2.17. The first kappa shape index (κ1) is 14.5. The normalized spacial score (nSPS) is 13.2. The summed E-state index contributed by atoms with van der Waals surface area (Å²) < 4.78 is 31.7. The van der Waals surface area contributed by atoms with Crippen LogP contribution in [0.4, 0.5) is 5.82 Å². The van der Waals surface area contributed by atoms with Crippen molar-refractivity contribution in [1.29, 1.82) is 0 Å². The van der Waals surface area contributed by atoms with Crippen LogP contribution in [0, 0.1) is 6.92 Å². The lowest BCUT2D eigenvalue weighted by atomic mass is 10.1. The lowest BCUT2D eigenvalue weighted by Gasteiger charge is -2.12. The summed E-state index contributed by atoms with van der Waals surface area (Å²) in [6.07, 6.45) is 0. The fraction of sp³-hybridized carbons (Fsp3) is 0.308. The van der Waals surface area contributed by atoms with E-state index < -0.39 is 10.0 Å². The van der Waals surface area contributed by atoms with Crippen molar-refractivity contribution in [3.05, 3.63) is 41.7 Å². The van der Waals surface area contributed by atoms with E-state index in [2.05, 4.69) is 15.2 Å². The maximum atomic E-state index is 12.3. The number of sulfonamides is 1. The molecule has 6 nitrogen and oxygen atoms in total. The monoisotopic (exact) mass is 295 g/mol. The Bertz CT molecular complexity index is 694. The number of nitrogens with zero attached hydrogens (tertiary/aromatic N) is 1. The molecule has 20 heavy (non-hydrogen) atoms. The third kappa shape index (κ3) is 3.17. The van der Waals surface area contributed by atoms with Crippen molar-refractivity contribution >= 4 is 15.8 Å². The lowest BCUT2D eigenvalue weighted by molar-refractivity contribution is 0.400. The molecule has 108 valence electrons. The van der Waals surface area contributed by atoms with Crippen LogP contribution in [0.15, 0.2) is 39.8 Å². The van der Waals surface area contributed by atoms with Crippen LogP contribution in [0.1, 0.15) is 24.3 Å². The number of rotatable bonds is 5. The van der Waals surface area contributed by atoms with Gasteiger partial charge < -0.3 is 9.84 Å². The summed E-state index contributed by atoms with van der Waals surface area (Å²) >= 11 is 0. The van der Waals surface area contributed by atoms with E-state index in [9.17, 15) is 8.42 Å². The molecule has 0 aliphatic heterocycles. The van der Waals surface area contributed by atoms with Gasteiger partial charge in [0.2, 0.25) is 0 Å². The largest absolute Gasteiger partial charge is 0.360 e. The Morgan fingerprint density at radius 3 is 2.65 bits per heavy atom. The molecule has 1 unspecified atom stereocenters. The Labute approximate surface area is 118 Å². The van der Waals surface area contributed by atoms with Crippen molar-refractivity contribution in [2.24, 2.45) is 0 Å². The summed E-state index contributed by atoms with van der Waals surface area (Å²) in [6, 6.07) is 8.36. The van der Waals surface area contributed by atoms with Crippen LogP contribution < -0.4 is 10.0 Å². The minimum absolute atomic E-state index is 0.0689. The molecule has 0 saturated heterocycles. The molecule has 2 aromatic rings. The van der Waals surface area contributed by atoms with Gasteiger partial charge in [0.05, 0.1) is 4.90 Å². The first-order valence-corrected chi connectivity index (χ1v) is 7.64. The molecule has 0 radical (unpaired) electrons. The van der Waals surface area contributed by atoms with Crippen molar-refractivity contribution in [3.63, 3.8) is 0 Å². The zero-order valence-corrected chi connectivity index (χ0v) is 12.4. The van der Waals surface area contributed by atoms with Gasteiger partial charge in [0.15, 0.2) is 5.82 Å². The summed E-state index contributed by atoms with van der Waals surface area (Å²) in [6.45, 7) is 3.65. The van der Waals surface area contributed by atoms with Gasteiger partial charge in [-0.25, -0.2) is 8.42 Å². The maximum absolute atomic E-state index is 12.3. The molecule has 0 aliphatic rings. The highest BCUT2D eigenvalue weighted by Crippen LogP contribution is 2.19. The molecule has 1 aromatic heterocycles. The van der Waals surface area contributed by atoms with Crippen molar-refractivity contribution < 1.29 is 12.9 Å². The number of hydrogen-bond acceptors (Lipinski definition) is 5. The van der Waals surface area contributed by atoms with Crippen LogP contribution in [0.2, 0.25) is 0 Å². The molecule has 2 N–H and O–H groups in total. The van der Waals surface area contributed by atoms with Crippen LogP contribution in [0.25, 0.3) is 0 Å². The van der Waals surface area contributed by atoms with Crippen LogP contribution in [0.3, 0.4) is 0 Å². The van der Waals surface area contributed by atoms with Gasteiger partial charge in [-0.2, -0.15) is 0 Å². The highest BCUT2D eigenvalue weighted by molar-refractivity contribution is 7.92. The minimum atomic E-state index is -3.66. The SMILES string of the molecule is CNC(C)c1cccc(S(=O)(=O)Nc2cc(C)on2)c1.